The Bertz CT molecular complexity index is 539. The number of anilines is 1. The lowest BCUT2D eigenvalue weighted by Gasteiger charge is -2.09. The maximum Gasteiger partial charge on any atom is 0.269 e. The van der Waals surface area contributed by atoms with Gasteiger partial charge in [0, 0.05) is 46.6 Å². The molecule has 0 unspecified atom stereocenters. The van der Waals surface area contributed by atoms with E-state index in [0.29, 0.717) is 0 Å². The first kappa shape index (κ1) is 20.8. The highest BCUT2D eigenvalue weighted by Gasteiger charge is 2.05. The molecule has 0 spiro atoms. The molecule has 0 saturated carbocycles. The number of nitro groups is 1. The zero-order chi connectivity index (χ0) is 17.7. The van der Waals surface area contributed by atoms with Gasteiger partial charge in [-0.2, -0.15) is 52.1 Å². The van der Waals surface area contributed by atoms with Gasteiger partial charge in [0.25, 0.3) is 5.69 Å². The van der Waals surface area contributed by atoms with Crippen LogP contribution in [0.2, 0.25) is 0 Å². The van der Waals surface area contributed by atoms with Crippen LogP contribution in [0.4, 0.5) is 11.4 Å². The van der Waals surface area contributed by atoms with E-state index in [4.69, 9.17) is 0 Å². The fourth-order valence-corrected chi connectivity index (χ4v) is 6.39. The highest BCUT2D eigenvalue weighted by Crippen LogP contribution is 2.17. The normalized spacial score (nSPS) is 18.2. The van der Waals surface area contributed by atoms with Crippen LogP contribution in [0.15, 0.2) is 29.4 Å². The van der Waals surface area contributed by atoms with Crippen molar-refractivity contribution < 1.29 is 4.92 Å². The highest BCUT2D eigenvalue weighted by molar-refractivity contribution is 8.04. The van der Waals surface area contributed by atoms with E-state index in [1.165, 1.54) is 41.6 Å². The molecule has 1 aromatic rings. The van der Waals surface area contributed by atoms with Gasteiger partial charge in [-0.05, 0) is 30.1 Å². The molecular weight excluding hydrogens is 394 g/mol. The van der Waals surface area contributed by atoms with Gasteiger partial charge in [0.1, 0.15) is 0 Å². The van der Waals surface area contributed by atoms with E-state index < -0.39 is 4.92 Å². The smallest absolute Gasteiger partial charge is 0.269 e. The molecule has 5 nitrogen and oxygen atoms in total. The number of nitrogens with one attached hydrogen (secondary N) is 1. The quantitative estimate of drug-likeness (QED) is 0.565. The SMILES string of the molecule is O=[N+]([O-])c1ccc(NN=C2CSCCSCCCSCCSC2)cc1. The molecule has 1 heterocycles. The van der Waals surface area contributed by atoms with Crippen LogP contribution in [0.25, 0.3) is 0 Å². The Labute approximate surface area is 166 Å². The van der Waals surface area contributed by atoms with Crippen LogP contribution in [0.5, 0.6) is 0 Å². The second-order valence-electron chi connectivity index (χ2n) is 5.28. The van der Waals surface area contributed by atoms with Crippen LogP contribution in [-0.4, -0.2) is 56.7 Å². The largest absolute Gasteiger partial charge is 0.279 e. The molecule has 1 aliphatic rings. The predicted molar refractivity (Wildman–Crippen MR) is 118 cm³/mol. The van der Waals surface area contributed by atoms with Gasteiger partial charge in [-0.25, -0.2) is 0 Å². The number of benzene rings is 1. The average Bonchev–Trinajstić information content (AvgIpc) is 2.62. The van der Waals surface area contributed by atoms with Crippen LogP contribution >= 0.6 is 47.0 Å². The number of rotatable bonds is 3. The van der Waals surface area contributed by atoms with E-state index in [0.717, 1.165) is 34.4 Å². The fourth-order valence-electron chi connectivity index (χ4n) is 1.99. The molecule has 2 rings (SSSR count). The van der Waals surface area contributed by atoms with Crippen molar-refractivity contribution in [2.45, 2.75) is 6.42 Å². The third-order valence-corrected chi connectivity index (χ3v) is 8.00. The number of non-ortho nitro benzene ring substituents is 1. The monoisotopic (exact) mass is 417 g/mol. The molecule has 1 aliphatic heterocycles. The first-order chi connectivity index (χ1) is 12.3. The molecule has 1 N–H and O–H groups in total. The van der Waals surface area contributed by atoms with Gasteiger partial charge < -0.3 is 0 Å². The molecule has 9 heteroatoms. The van der Waals surface area contributed by atoms with Crippen molar-refractivity contribution in [2.24, 2.45) is 5.10 Å². The molecule has 138 valence electrons. The molecule has 0 aliphatic carbocycles. The minimum atomic E-state index is -0.392. The lowest BCUT2D eigenvalue weighted by molar-refractivity contribution is -0.384. The standard InChI is InChI=1S/C16H23N3O2S4/c20-19(21)16-4-2-14(3-5-16)17-18-15-12-24-10-8-22-6-1-7-23-9-11-25-13-15/h2-5,17H,1,6-13H2. The molecule has 0 atom stereocenters. The Morgan fingerprint density at radius 3 is 2.00 bits per heavy atom. The number of nitrogens with zero attached hydrogens (tertiary/aromatic N) is 2. The van der Waals surface area contributed by atoms with E-state index in [-0.39, 0.29) is 5.69 Å². The van der Waals surface area contributed by atoms with Crippen LogP contribution in [0, 0.1) is 10.1 Å². The van der Waals surface area contributed by atoms with Crippen LogP contribution in [0.3, 0.4) is 0 Å². The number of hydrogen-bond acceptors (Lipinski definition) is 8. The van der Waals surface area contributed by atoms with Crippen LogP contribution in [0.1, 0.15) is 6.42 Å². The summed E-state index contributed by atoms with van der Waals surface area (Å²) in [5, 5.41) is 15.2. The minimum Gasteiger partial charge on any atom is -0.279 e. The highest BCUT2D eigenvalue weighted by atomic mass is 32.2. The topological polar surface area (TPSA) is 67.5 Å². The van der Waals surface area contributed by atoms with Crippen molar-refractivity contribution in [2.75, 3.05) is 51.4 Å². The molecule has 25 heavy (non-hydrogen) atoms. The summed E-state index contributed by atoms with van der Waals surface area (Å²) in [4.78, 5) is 10.3. The molecule has 0 amide bonds. The Kier molecular flexibility index (Phi) is 10.6. The zero-order valence-corrected chi connectivity index (χ0v) is 17.3. The summed E-state index contributed by atoms with van der Waals surface area (Å²) < 4.78 is 0. The lowest BCUT2D eigenvalue weighted by Crippen LogP contribution is -2.11. The zero-order valence-electron chi connectivity index (χ0n) is 14.0. The van der Waals surface area contributed by atoms with Gasteiger partial charge in [-0.15, -0.1) is 0 Å². The van der Waals surface area contributed by atoms with Gasteiger partial charge in [-0.1, -0.05) is 0 Å². The summed E-state index contributed by atoms with van der Waals surface area (Å²) in [7, 11) is 0. The lowest BCUT2D eigenvalue weighted by atomic mass is 10.3. The third-order valence-electron chi connectivity index (χ3n) is 3.28. The fraction of sp³-hybridized carbons (Fsp3) is 0.562. The average molecular weight is 418 g/mol. The number of thioether (sulfide) groups is 4. The molecule has 1 fully saturated rings. The number of hydrazone groups is 1. The van der Waals surface area contributed by atoms with Gasteiger partial charge in [0.15, 0.2) is 0 Å². The van der Waals surface area contributed by atoms with Crippen LogP contribution in [-0.2, 0) is 0 Å². The summed E-state index contributed by atoms with van der Waals surface area (Å²) >= 11 is 7.95. The van der Waals surface area contributed by atoms with E-state index >= 15 is 0 Å². The summed E-state index contributed by atoms with van der Waals surface area (Å²) in [5.41, 5.74) is 5.05. The molecule has 0 radical (unpaired) electrons. The Hall–Kier alpha value is -0.510. The molecule has 1 saturated heterocycles. The van der Waals surface area contributed by atoms with Gasteiger partial charge >= 0.3 is 0 Å². The van der Waals surface area contributed by atoms with E-state index in [2.05, 4.69) is 10.5 Å². The Morgan fingerprint density at radius 1 is 0.880 bits per heavy atom. The van der Waals surface area contributed by atoms with Crippen molar-refractivity contribution in [1.82, 2.24) is 0 Å². The van der Waals surface area contributed by atoms with E-state index in [1.807, 2.05) is 47.0 Å². The minimum absolute atomic E-state index is 0.0947. The first-order valence-corrected chi connectivity index (χ1v) is 12.7. The number of hydrogen-bond donors (Lipinski definition) is 1. The summed E-state index contributed by atoms with van der Waals surface area (Å²) in [6, 6.07) is 6.37. The summed E-state index contributed by atoms with van der Waals surface area (Å²) in [6.45, 7) is 0. The second kappa shape index (κ2) is 12.8. The third kappa shape index (κ3) is 9.12. The van der Waals surface area contributed by atoms with E-state index in [9.17, 15) is 10.1 Å². The van der Waals surface area contributed by atoms with Gasteiger partial charge in [-0.3, -0.25) is 15.5 Å². The maximum atomic E-state index is 10.7. The van der Waals surface area contributed by atoms with Crippen molar-refractivity contribution in [3.05, 3.63) is 34.4 Å². The molecule has 0 aromatic heterocycles. The van der Waals surface area contributed by atoms with Crippen molar-refractivity contribution in [3.8, 4) is 0 Å². The maximum absolute atomic E-state index is 10.7. The Morgan fingerprint density at radius 2 is 1.44 bits per heavy atom. The Balaban J connectivity index is 1.87. The predicted octanol–water partition coefficient (Wildman–Crippen LogP) is 4.70. The second-order valence-corrected chi connectivity index (χ2v) is 9.94. The molecular formula is C16H23N3O2S4. The van der Waals surface area contributed by atoms with Crippen molar-refractivity contribution in [1.29, 1.82) is 0 Å². The number of nitro benzene ring substituents is 1. The van der Waals surface area contributed by atoms with Gasteiger partial charge in [0.05, 0.1) is 16.3 Å². The van der Waals surface area contributed by atoms with E-state index in [1.54, 1.807) is 12.1 Å². The van der Waals surface area contributed by atoms with Crippen LogP contribution < -0.4 is 5.43 Å². The summed E-state index contributed by atoms with van der Waals surface area (Å²) in [6.07, 6.45) is 1.32. The van der Waals surface area contributed by atoms with Crippen molar-refractivity contribution >= 4 is 64.1 Å². The molecule has 0 bridgehead atoms. The van der Waals surface area contributed by atoms with Gasteiger partial charge in [0.2, 0.25) is 0 Å². The summed E-state index contributed by atoms with van der Waals surface area (Å²) in [5.74, 6) is 9.10. The van der Waals surface area contributed by atoms with Crippen molar-refractivity contribution in [3.63, 3.8) is 0 Å². The first-order valence-electron chi connectivity index (χ1n) is 8.12. The molecule has 1 aromatic carbocycles.